The van der Waals surface area contributed by atoms with Crippen LogP contribution in [0.15, 0.2) is 53.3 Å². The normalized spacial score (nSPS) is 14.9. The van der Waals surface area contributed by atoms with Gasteiger partial charge in [-0.1, -0.05) is 0 Å². The van der Waals surface area contributed by atoms with Crippen LogP contribution in [0.25, 0.3) is 28.3 Å². The van der Waals surface area contributed by atoms with Crippen molar-refractivity contribution in [1.82, 2.24) is 34.3 Å². The molecule has 0 aliphatic carbocycles. The van der Waals surface area contributed by atoms with E-state index in [9.17, 15) is 4.79 Å². The van der Waals surface area contributed by atoms with Gasteiger partial charge in [-0.2, -0.15) is 14.6 Å². The topological polar surface area (TPSA) is 159 Å². The van der Waals surface area contributed by atoms with Crippen molar-refractivity contribution in [2.45, 2.75) is 13.0 Å². The van der Waals surface area contributed by atoms with E-state index in [0.717, 1.165) is 24.5 Å². The Morgan fingerprint density at radius 2 is 1.89 bits per heavy atom. The van der Waals surface area contributed by atoms with Crippen molar-refractivity contribution in [3.8, 4) is 17.3 Å². The largest absolute Gasteiger partial charge is 0.492 e. The molecule has 0 radical (unpaired) electrons. The number of anilines is 2. The summed E-state index contributed by atoms with van der Waals surface area (Å²) in [6, 6.07) is 10.9. The van der Waals surface area contributed by atoms with Crippen LogP contribution < -0.4 is 21.1 Å². The maximum Gasteiger partial charge on any atom is 0.247 e. The number of hydrogen-bond acceptors (Lipinski definition) is 10. The zero-order chi connectivity index (χ0) is 26.2. The van der Waals surface area contributed by atoms with Crippen molar-refractivity contribution < 1.29 is 13.9 Å². The average Bonchev–Trinajstić information content (AvgIpc) is 3.71. The van der Waals surface area contributed by atoms with E-state index >= 15 is 0 Å². The molecule has 6 rings (SSSR count). The number of ether oxygens (including phenoxy) is 1. The maximum atomic E-state index is 13.5. The van der Waals surface area contributed by atoms with Gasteiger partial charge in [0.05, 0.1) is 17.8 Å². The molecule has 13 nitrogen and oxygen atoms in total. The first-order valence-corrected chi connectivity index (χ1v) is 12.4. The Balaban J connectivity index is 1.18. The molecule has 1 aliphatic rings. The Labute approximate surface area is 217 Å². The fourth-order valence-electron chi connectivity index (χ4n) is 4.70. The maximum absolute atomic E-state index is 13.5. The fraction of sp³-hybridized carbons (Fsp3) is 0.320. The second kappa shape index (κ2) is 9.67. The number of aromatic nitrogens is 6. The van der Waals surface area contributed by atoms with Crippen molar-refractivity contribution in [2.24, 2.45) is 5.73 Å². The number of furan rings is 1. The Morgan fingerprint density at radius 3 is 2.61 bits per heavy atom. The number of nitrogens with zero attached hydrogens (tertiary/aromatic N) is 8. The van der Waals surface area contributed by atoms with Crippen molar-refractivity contribution >= 4 is 34.2 Å². The van der Waals surface area contributed by atoms with Crippen molar-refractivity contribution in [3.63, 3.8) is 0 Å². The monoisotopic (exact) mass is 516 g/mol. The molecule has 5 heterocycles. The second-order valence-corrected chi connectivity index (χ2v) is 9.06. The summed E-state index contributed by atoms with van der Waals surface area (Å²) in [5.74, 6) is 1.82. The van der Waals surface area contributed by atoms with E-state index in [1.807, 2.05) is 36.1 Å². The molecular formula is C25H28N10O3. The number of rotatable bonds is 7. The molecule has 196 valence electrons. The molecule has 1 amide bonds. The van der Waals surface area contributed by atoms with E-state index in [1.54, 1.807) is 29.3 Å². The molecule has 38 heavy (non-hydrogen) atoms. The van der Waals surface area contributed by atoms with Crippen LogP contribution in [0.4, 0.5) is 11.6 Å². The van der Waals surface area contributed by atoms with Gasteiger partial charge in [-0.15, -0.1) is 5.10 Å². The van der Waals surface area contributed by atoms with Gasteiger partial charge in [-0.25, -0.2) is 9.67 Å². The summed E-state index contributed by atoms with van der Waals surface area (Å²) in [5, 5.41) is 9.54. The number of amides is 1. The van der Waals surface area contributed by atoms with E-state index in [2.05, 4.69) is 25.1 Å². The number of benzene rings is 1. The van der Waals surface area contributed by atoms with E-state index < -0.39 is 6.04 Å². The zero-order valence-corrected chi connectivity index (χ0v) is 20.9. The van der Waals surface area contributed by atoms with Crippen LogP contribution in [0, 0.1) is 0 Å². The third-order valence-corrected chi connectivity index (χ3v) is 6.70. The summed E-state index contributed by atoms with van der Waals surface area (Å²) < 4.78 is 14.0. The Kier molecular flexibility index (Phi) is 6.04. The fourth-order valence-corrected chi connectivity index (χ4v) is 4.70. The number of nitrogen functional groups attached to an aromatic ring is 1. The molecule has 4 aromatic heterocycles. The molecular weight excluding hydrogens is 488 g/mol. The smallest absolute Gasteiger partial charge is 0.247 e. The minimum absolute atomic E-state index is 0.0295. The quantitative estimate of drug-likeness (QED) is 0.325. The molecule has 1 unspecified atom stereocenters. The third kappa shape index (κ3) is 4.16. The van der Waals surface area contributed by atoms with Crippen LogP contribution in [0.2, 0.25) is 0 Å². The SMILES string of the molecule is CC(C(=O)N1CCN(c2ccc(OCCN)cc2)CC1)n1ncc2c1nc(N)n1nc(-c3ccco3)nc21. The van der Waals surface area contributed by atoms with E-state index in [1.165, 1.54) is 4.52 Å². The summed E-state index contributed by atoms with van der Waals surface area (Å²) in [4.78, 5) is 26.6. The predicted octanol–water partition coefficient (Wildman–Crippen LogP) is 1.56. The zero-order valence-electron chi connectivity index (χ0n) is 20.9. The molecule has 0 saturated carbocycles. The highest BCUT2D eigenvalue weighted by Crippen LogP contribution is 2.26. The molecule has 0 spiro atoms. The van der Waals surface area contributed by atoms with Crippen molar-refractivity contribution in [3.05, 3.63) is 48.9 Å². The standard InChI is InChI=1S/C25H28N10O3/c1-16(24(36)33-11-9-32(10-12-33)17-4-6-18(7-5-17)37-14-8-26)34-23-19(15-28-34)22-29-21(20-3-2-13-38-20)31-35(22)25(27)30-23/h2-7,13,15-16H,8-12,14,26H2,1H3,(H2,27,30). The van der Waals surface area contributed by atoms with E-state index in [4.69, 9.17) is 20.6 Å². The molecule has 0 bridgehead atoms. The number of carbonyl (C=O) groups excluding carboxylic acids is 1. The van der Waals surface area contributed by atoms with Gasteiger partial charge in [0.1, 0.15) is 18.4 Å². The van der Waals surface area contributed by atoms with Crippen LogP contribution in [0.3, 0.4) is 0 Å². The predicted molar refractivity (Wildman–Crippen MR) is 141 cm³/mol. The third-order valence-electron chi connectivity index (χ3n) is 6.70. The van der Waals surface area contributed by atoms with Crippen LogP contribution in [0.5, 0.6) is 5.75 Å². The van der Waals surface area contributed by atoms with Crippen LogP contribution in [0.1, 0.15) is 13.0 Å². The van der Waals surface area contributed by atoms with Gasteiger partial charge >= 0.3 is 0 Å². The lowest BCUT2D eigenvalue weighted by atomic mass is 10.2. The summed E-state index contributed by atoms with van der Waals surface area (Å²) in [5.41, 5.74) is 13.8. The summed E-state index contributed by atoms with van der Waals surface area (Å²) >= 11 is 0. The van der Waals surface area contributed by atoms with Gasteiger partial charge in [-0.3, -0.25) is 4.79 Å². The summed E-state index contributed by atoms with van der Waals surface area (Å²) in [6.45, 7) is 5.44. The average molecular weight is 517 g/mol. The molecule has 1 aromatic carbocycles. The highest BCUT2D eigenvalue weighted by Gasteiger charge is 2.28. The molecule has 1 fully saturated rings. The number of fused-ring (bicyclic) bond motifs is 3. The summed E-state index contributed by atoms with van der Waals surface area (Å²) in [6.07, 6.45) is 3.19. The van der Waals surface area contributed by atoms with Gasteiger partial charge in [0.2, 0.25) is 17.7 Å². The first-order valence-electron chi connectivity index (χ1n) is 12.4. The lowest BCUT2D eigenvalue weighted by Gasteiger charge is -2.37. The minimum atomic E-state index is -0.570. The minimum Gasteiger partial charge on any atom is -0.492 e. The van der Waals surface area contributed by atoms with Gasteiger partial charge < -0.3 is 30.4 Å². The number of carbonyl (C=O) groups is 1. The number of nitrogens with two attached hydrogens (primary N) is 2. The lowest BCUT2D eigenvalue weighted by molar-refractivity contribution is -0.134. The van der Waals surface area contributed by atoms with Gasteiger partial charge in [0, 0.05) is 38.4 Å². The van der Waals surface area contributed by atoms with Crippen molar-refractivity contribution in [1.29, 1.82) is 0 Å². The first kappa shape index (κ1) is 23.7. The molecule has 13 heteroatoms. The molecule has 4 N–H and O–H groups in total. The second-order valence-electron chi connectivity index (χ2n) is 9.06. The Morgan fingerprint density at radius 1 is 1.11 bits per heavy atom. The van der Waals surface area contributed by atoms with Gasteiger partial charge in [0.25, 0.3) is 0 Å². The highest BCUT2D eigenvalue weighted by molar-refractivity contribution is 5.92. The Hall–Kier alpha value is -4.65. The van der Waals surface area contributed by atoms with Gasteiger partial charge in [-0.05, 0) is 43.3 Å². The highest BCUT2D eigenvalue weighted by atomic mass is 16.5. The van der Waals surface area contributed by atoms with Gasteiger partial charge in [0.15, 0.2) is 17.1 Å². The first-order chi connectivity index (χ1) is 18.5. The number of hydrogen-bond donors (Lipinski definition) is 2. The van der Waals surface area contributed by atoms with Crippen LogP contribution >= 0.6 is 0 Å². The molecule has 5 aromatic rings. The van der Waals surface area contributed by atoms with Crippen LogP contribution in [-0.4, -0.2) is 79.5 Å². The number of piperazine rings is 1. The van der Waals surface area contributed by atoms with Crippen LogP contribution in [-0.2, 0) is 4.79 Å². The lowest BCUT2D eigenvalue weighted by Crippen LogP contribution is -2.50. The van der Waals surface area contributed by atoms with E-state index in [-0.39, 0.29) is 11.9 Å². The molecule has 1 atom stereocenters. The molecule has 1 saturated heterocycles. The molecule has 1 aliphatic heterocycles. The van der Waals surface area contributed by atoms with E-state index in [0.29, 0.717) is 54.5 Å². The van der Waals surface area contributed by atoms with Crippen molar-refractivity contribution in [2.75, 3.05) is 50.0 Å². The summed E-state index contributed by atoms with van der Waals surface area (Å²) in [7, 11) is 0. The Bertz CT molecular complexity index is 1570.